The van der Waals surface area contributed by atoms with Crippen molar-refractivity contribution in [3.05, 3.63) is 23.8 Å². The van der Waals surface area contributed by atoms with Gasteiger partial charge in [-0.05, 0) is 47.5 Å². The van der Waals surface area contributed by atoms with Crippen molar-refractivity contribution < 1.29 is 13.2 Å². The number of hydrogen-bond donors (Lipinski definition) is 1. The maximum Gasteiger partial charge on any atom is 0.389 e. The first kappa shape index (κ1) is 14.3. The van der Waals surface area contributed by atoms with Crippen LogP contribution < -0.4 is 5.73 Å². The number of hydrogen-bond acceptors (Lipinski definition) is 4. The SMILES string of the molecule is Cc1cc(N)ccc1-c1nnnn1CCCC(F)(F)F. The first-order chi connectivity index (χ1) is 9.37. The van der Waals surface area contributed by atoms with E-state index in [-0.39, 0.29) is 13.0 Å². The van der Waals surface area contributed by atoms with Gasteiger partial charge in [-0.25, -0.2) is 4.68 Å². The topological polar surface area (TPSA) is 69.6 Å². The zero-order valence-corrected chi connectivity index (χ0v) is 10.9. The van der Waals surface area contributed by atoms with E-state index < -0.39 is 12.6 Å². The van der Waals surface area contributed by atoms with E-state index in [2.05, 4.69) is 15.5 Å². The number of rotatable bonds is 4. The summed E-state index contributed by atoms with van der Waals surface area (Å²) in [5.74, 6) is 0.449. The number of nitrogen functional groups attached to an aromatic ring is 1. The predicted octanol–water partition coefficient (Wildman–Crippen LogP) is 2.57. The molecule has 0 amide bonds. The molecule has 2 N–H and O–H groups in total. The number of alkyl halides is 3. The summed E-state index contributed by atoms with van der Waals surface area (Å²) in [5, 5.41) is 11.1. The summed E-state index contributed by atoms with van der Waals surface area (Å²) < 4.78 is 37.8. The van der Waals surface area contributed by atoms with E-state index in [1.165, 1.54) is 4.68 Å². The smallest absolute Gasteiger partial charge is 0.389 e. The molecule has 1 aromatic carbocycles. The van der Waals surface area contributed by atoms with Gasteiger partial charge in [-0.1, -0.05) is 0 Å². The van der Waals surface area contributed by atoms with Crippen LogP contribution in [-0.4, -0.2) is 26.4 Å². The average Bonchev–Trinajstić information content (AvgIpc) is 2.75. The molecule has 5 nitrogen and oxygen atoms in total. The lowest BCUT2D eigenvalue weighted by atomic mass is 10.1. The molecule has 0 saturated carbocycles. The third-order valence-electron chi connectivity index (χ3n) is 2.85. The second-order valence-electron chi connectivity index (χ2n) is 4.52. The van der Waals surface area contributed by atoms with E-state index in [1.807, 2.05) is 6.92 Å². The Morgan fingerprint density at radius 1 is 1.30 bits per heavy atom. The van der Waals surface area contributed by atoms with Crippen LogP contribution in [0.25, 0.3) is 11.4 Å². The summed E-state index contributed by atoms with van der Waals surface area (Å²) in [5.41, 5.74) is 7.91. The van der Waals surface area contributed by atoms with Crippen LogP contribution in [0, 0.1) is 6.92 Å². The Balaban J connectivity index is 2.16. The molecule has 0 unspecified atom stereocenters. The summed E-state index contributed by atoms with van der Waals surface area (Å²) in [6.07, 6.45) is -5.08. The summed E-state index contributed by atoms with van der Waals surface area (Å²) in [6, 6.07) is 5.23. The number of anilines is 1. The number of aryl methyl sites for hydroxylation is 2. The normalized spacial score (nSPS) is 11.8. The number of halogens is 3. The van der Waals surface area contributed by atoms with Crippen molar-refractivity contribution in [2.24, 2.45) is 0 Å². The van der Waals surface area contributed by atoms with E-state index in [1.54, 1.807) is 18.2 Å². The van der Waals surface area contributed by atoms with E-state index >= 15 is 0 Å². The van der Waals surface area contributed by atoms with Gasteiger partial charge in [-0.2, -0.15) is 13.2 Å². The van der Waals surface area contributed by atoms with Crippen LogP contribution in [0.1, 0.15) is 18.4 Å². The standard InChI is InChI=1S/C12H14F3N5/c1-8-7-9(16)3-4-10(8)11-17-18-19-20(11)6-2-5-12(13,14)15/h3-4,7H,2,5-6,16H2,1H3. The molecule has 0 radical (unpaired) electrons. The molecule has 2 rings (SSSR count). The van der Waals surface area contributed by atoms with Gasteiger partial charge in [0.15, 0.2) is 5.82 Å². The van der Waals surface area contributed by atoms with Crippen LogP contribution in [0.15, 0.2) is 18.2 Å². The molecule has 20 heavy (non-hydrogen) atoms. The van der Waals surface area contributed by atoms with Gasteiger partial charge in [0.05, 0.1) is 0 Å². The molecule has 0 spiro atoms. The molecule has 1 aromatic heterocycles. The summed E-state index contributed by atoms with van der Waals surface area (Å²) >= 11 is 0. The highest BCUT2D eigenvalue weighted by Gasteiger charge is 2.26. The molecule has 0 saturated heterocycles. The lowest BCUT2D eigenvalue weighted by Crippen LogP contribution is -2.11. The second-order valence-corrected chi connectivity index (χ2v) is 4.52. The molecule has 0 aliphatic heterocycles. The van der Waals surface area contributed by atoms with Crippen LogP contribution in [0.3, 0.4) is 0 Å². The first-order valence-electron chi connectivity index (χ1n) is 6.06. The van der Waals surface area contributed by atoms with Crippen molar-refractivity contribution in [2.45, 2.75) is 32.5 Å². The Labute approximate surface area is 113 Å². The van der Waals surface area contributed by atoms with E-state index in [0.717, 1.165) is 11.1 Å². The van der Waals surface area contributed by atoms with Gasteiger partial charge < -0.3 is 5.73 Å². The third-order valence-corrected chi connectivity index (χ3v) is 2.85. The maximum absolute atomic E-state index is 12.1. The van der Waals surface area contributed by atoms with E-state index in [0.29, 0.717) is 11.5 Å². The van der Waals surface area contributed by atoms with Crippen molar-refractivity contribution in [1.29, 1.82) is 0 Å². The summed E-state index contributed by atoms with van der Waals surface area (Å²) in [4.78, 5) is 0. The first-order valence-corrected chi connectivity index (χ1v) is 6.06. The number of aromatic nitrogens is 4. The minimum Gasteiger partial charge on any atom is -0.399 e. The minimum atomic E-state index is -4.16. The second kappa shape index (κ2) is 5.48. The van der Waals surface area contributed by atoms with Crippen LogP contribution in [0.2, 0.25) is 0 Å². The quantitative estimate of drug-likeness (QED) is 0.876. The van der Waals surface area contributed by atoms with Crippen molar-refractivity contribution in [1.82, 2.24) is 20.2 Å². The van der Waals surface area contributed by atoms with Crippen LogP contribution in [0.5, 0.6) is 0 Å². The highest BCUT2D eigenvalue weighted by atomic mass is 19.4. The maximum atomic E-state index is 12.1. The zero-order chi connectivity index (χ0) is 14.8. The van der Waals surface area contributed by atoms with E-state index in [4.69, 9.17) is 5.73 Å². The Hall–Kier alpha value is -2.12. The summed E-state index contributed by atoms with van der Waals surface area (Å²) in [6.45, 7) is 1.96. The summed E-state index contributed by atoms with van der Waals surface area (Å²) in [7, 11) is 0. The van der Waals surface area contributed by atoms with Gasteiger partial charge >= 0.3 is 6.18 Å². The van der Waals surface area contributed by atoms with Crippen LogP contribution >= 0.6 is 0 Å². The average molecular weight is 285 g/mol. The molecule has 8 heteroatoms. The third kappa shape index (κ3) is 3.46. The number of benzene rings is 1. The van der Waals surface area contributed by atoms with Gasteiger partial charge in [-0.15, -0.1) is 5.10 Å². The van der Waals surface area contributed by atoms with E-state index in [9.17, 15) is 13.2 Å². The molecule has 2 aromatic rings. The van der Waals surface area contributed by atoms with Crippen LogP contribution in [-0.2, 0) is 6.54 Å². The highest BCUT2D eigenvalue weighted by Crippen LogP contribution is 2.24. The van der Waals surface area contributed by atoms with Crippen molar-refractivity contribution in [2.75, 3.05) is 5.73 Å². The number of nitrogens with zero attached hydrogens (tertiary/aromatic N) is 4. The van der Waals surface area contributed by atoms with Gasteiger partial charge in [0.2, 0.25) is 0 Å². The Morgan fingerprint density at radius 2 is 2.05 bits per heavy atom. The van der Waals surface area contributed by atoms with Crippen LogP contribution in [0.4, 0.5) is 18.9 Å². The molecule has 0 bridgehead atoms. The largest absolute Gasteiger partial charge is 0.399 e. The molecule has 0 aliphatic carbocycles. The van der Waals surface area contributed by atoms with Crippen molar-refractivity contribution in [3.63, 3.8) is 0 Å². The van der Waals surface area contributed by atoms with Crippen molar-refractivity contribution >= 4 is 5.69 Å². The molecule has 0 aliphatic rings. The molecule has 1 heterocycles. The Kier molecular flexibility index (Phi) is 3.91. The molecule has 0 fully saturated rings. The molecular formula is C12H14F3N5. The molecule has 0 atom stereocenters. The lowest BCUT2D eigenvalue weighted by Gasteiger charge is -2.09. The lowest BCUT2D eigenvalue weighted by molar-refractivity contribution is -0.136. The molecular weight excluding hydrogens is 271 g/mol. The fourth-order valence-electron chi connectivity index (χ4n) is 1.92. The molecule has 108 valence electrons. The monoisotopic (exact) mass is 285 g/mol. The van der Waals surface area contributed by atoms with Gasteiger partial charge in [0.25, 0.3) is 0 Å². The van der Waals surface area contributed by atoms with Gasteiger partial charge in [0, 0.05) is 24.2 Å². The number of nitrogens with two attached hydrogens (primary N) is 1. The zero-order valence-electron chi connectivity index (χ0n) is 10.9. The highest BCUT2D eigenvalue weighted by molar-refractivity contribution is 5.63. The van der Waals surface area contributed by atoms with Crippen molar-refractivity contribution in [3.8, 4) is 11.4 Å². The Bertz CT molecular complexity index is 591. The fraction of sp³-hybridized carbons (Fsp3) is 0.417. The van der Waals surface area contributed by atoms with Gasteiger partial charge in [0.1, 0.15) is 0 Å². The van der Waals surface area contributed by atoms with Gasteiger partial charge in [-0.3, -0.25) is 0 Å². The Morgan fingerprint density at radius 3 is 2.70 bits per heavy atom. The minimum absolute atomic E-state index is 0.0600. The fourth-order valence-corrected chi connectivity index (χ4v) is 1.92. The number of tetrazole rings is 1. The predicted molar refractivity (Wildman–Crippen MR) is 67.7 cm³/mol.